The summed E-state index contributed by atoms with van der Waals surface area (Å²) in [6.45, 7) is 4.35. The molecule has 2 N–H and O–H groups in total. The van der Waals surface area contributed by atoms with Gasteiger partial charge in [0.15, 0.2) is 5.69 Å². The van der Waals surface area contributed by atoms with E-state index in [1.54, 1.807) is 0 Å². The fraction of sp³-hybridized carbons (Fsp3) is 0.700. The van der Waals surface area contributed by atoms with E-state index in [2.05, 4.69) is 24.2 Å². The van der Waals surface area contributed by atoms with Gasteiger partial charge in [0.2, 0.25) is 0 Å². The van der Waals surface area contributed by atoms with Crippen LogP contribution in [0.15, 0.2) is 0 Å². The summed E-state index contributed by atoms with van der Waals surface area (Å²) in [6, 6.07) is 0. The predicted octanol–water partition coefficient (Wildman–Crippen LogP) is 0.557. The molecule has 0 bridgehead atoms. The molecule has 6 nitrogen and oxygen atoms in total. The molecule has 0 aromatic carbocycles. The van der Waals surface area contributed by atoms with Gasteiger partial charge in [0.25, 0.3) is 0 Å². The van der Waals surface area contributed by atoms with Gasteiger partial charge in [-0.3, -0.25) is 0 Å². The quantitative estimate of drug-likeness (QED) is 0.741. The lowest BCUT2D eigenvalue weighted by molar-refractivity contribution is 0.0689. The Morgan fingerprint density at radius 3 is 2.69 bits per heavy atom. The zero-order chi connectivity index (χ0) is 12.1. The van der Waals surface area contributed by atoms with Crippen LogP contribution in [0.4, 0.5) is 0 Å². The normalized spacial score (nSPS) is 11.0. The number of hydrogen-bond acceptors (Lipinski definition) is 4. The van der Waals surface area contributed by atoms with Crippen LogP contribution < -0.4 is 0 Å². The van der Waals surface area contributed by atoms with Crippen LogP contribution in [-0.4, -0.2) is 37.8 Å². The molecule has 0 fully saturated rings. The van der Waals surface area contributed by atoms with Gasteiger partial charge < -0.3 is 10.2 Å². The summed E-state index contributed by atoms with van der Waals surface area (Å²) < 4.78 is 1.46. The molecule has 1 heterocycles. The van der Waals surface area contributed by atoms with Crippen LogP contribution in [0, 0.1) is 5.92 Å². The Bertz CT molecular complexity index is 360. The van der Waals surface area contributed by atoms with E-state index in [1.165, 1.54) is 4.68 Å². The van der Waals surface area contributed by atoms with Gasteiger partial charge >= 0.3 is 5.97 Å². The Hall–Kier alpha value is -1.43. The first-order valence-electron chi connectivity index (χ1n) is 5.32. The molecule has 0 amide bonds. The minimum absolute atomic E-state index is 0.00546. The number of aromatic nitrogens is 3. The van der Waals surface area contributed by atoms with E-state index in [0.717, 1.165) is 6.42 Å². The maximum absolute atomic E-state index is 10.9. The maximum Gasteiger partial charge on any atom is 0.358 e. The Morgan fingerprint density at radius 1 is 1.50 bits per heavy atom. The van der Waals surface area contributed by atoms with Crippen LogP contribution in [0.25, 0.3) is 0 Å². The number of carbonyl (C=O) groups is 1. The zero-order valence-electron chi connectivity index (χ0n) is 9.55. The van der Waals surface area contributed by atoms with Gasteiger partial charge in [-0.05, 0) is 18.8 Å². The van der Waals surface area contributed by atoms with E-state index in [0.29, 0.717) is 18.0 Å². The molecule has 0 unspecified atom stereocenters. The minimum atomic E-state index is -1.07. The molecule has 0 spiro atoms. The van der Waals surface area contributed by atoms with Crippen molar-refractivity contribution in [3.05, 3.63) is 11.4 Å². The topological polar surface area (TPSA) is 88.2 Å². The molecule has 0 saturated carbocycles. The predicted molar refractivity (Wildman–Crippen MR) is 57.2 cm³/mol. The van der Waals surface area contributed by atoms with Gasteiger partial charge in [-0.15, -0.1) is 5.10 Å². The smallest absolute Gasteiger partial charge is 0.358 e. The first kappa shape index (κ1) is 12.6. The number of nitrogens with zero attached hydrogens (tertiary/aromatic N) is 3. The third-order valence-corrected chi connectivity index (χ3v) is 2.31. The summed E-state index contributed by atoms with van der Waals surface area (Å²) in [5, 5.41) is 25.1. The molecule has 1 aromatic heterocycles. The van der Waals surface area contributed by atoms with E-state index in [9.17, 15) is 4.79 Å². The molecule has 0 atom stereocenters. The molecule has 90 valence electrons. The van der Waals surface area contributed by atoms with E-state index in [-0.39, 0.29) is 18.8 Å². The van der Waals surface area contributed by atoms with Gasteiger partial charge in [-0.2, -0.15) is 0 Å². The molecule has 16 heavy (non-hydrogen) atoms. The molecule has 1 rings (SSSR count). The molecule has 0 saturated heterocycles. The van der Waals surface area contributed by atoms with Gasteiger partial charge in [0.05, 0.1) is 18.8 Å². The zero-order valence-corrected chi connectivity index (χ0v) is 9.55. The first-order chi connectivity index (χ1) is 7.56. The van der Waals surface area contributed by atoms with Crippen molar-refractivity contribution in [1.82, 2.24) is 15.0 Å². The Kier molecular flexibility index (Phi) is 4.42. The summed E-state index contributed by atoms with van der Waals surface area (Å²) in [7, 11) is 0. The van der Waals surface area contributed by atoms with Crippen molar-refractivity contribution in [1.29, 1.82) is 0 Å². The number of carboxylic acid groups (broad SMARTS) is 1. The molecule has 0 radical (unpaired) electrons. The third kappa shape index (κ3) is 3.03. The average molecular weight is 227 g/mol. The Balaban J connectivity index is 2.89. The van der Waals surface area contributed by atoms with Crippen LogP contribution in [0.2, 0.25) is 0 Å². The summed E-state index contributed by atoms with van der Waals surface area (Å²) >= 11 is 0. The standard InChI is InChI=1S/C10H17N3O3/c1-7(2)3-4-8-9(10(15)16)11-12-13(8)5-6-14/h7,14H,3-6H2,1-2H3,(H,15,16). The van der Waals surface area contributed by atoms with Crippen molar-refractivity contribution in [2.24, 2.45) is 5.92 Å². The highest BCUT2D eigenvalue weighted by atomic mass is 16.4. The molecular weight excluding hydrogens is 210 g/mol. The molecule has 6 heteroatoms. The summed E-state index contributed by atoms with van der Waals surface area (Å²) in [4.78, 5) is 10.9. The Labute approximate surface area is 93.9 Å². The van der Waals surface area contributed by atoms with Crippen molar-refractivity contribution in [3.8, 4) is 0 Å². The van der Waals surface area contributed by atoms with Crippen LogP contribution in [0.5, 0.6) is 0 Å². The lowest BCUT2D eigenvalue weighted by atomic mass is 10.1. The lowest BCUT2D eigenvalue weighted by Crippen LogP contribution is -2.11. The van der Waals surface area contributed by atoms with Crippen molar-refractivity contribution in [2.45, 2.75) is 33.2 Å². The van der Waals surface area contributed by atoms with E-state index < -0.39 is 5.97 Å². The monoisotopic (exact) mass is 227 g/mol. The number of aromatic carboxylic acids is 1. The van der Waals surface area contributed by atoms with Crippen LogP contribution in [0.1, 0.15) is 36.5 Å². The van der Waals surface area contributed by atoms with Gasteiger partial charge in [0.1, 0.15) is 0 Å². The third-order valence-electron chi connectivity index (χ3n) is 2.31. The van der Waals surface area contributed by atoms with Crippen LogP contribution >= 0.6 is 0 Å². The SMILES string of the molecule is CC(C)CCc1c(C(=O)O)nnn1CCO. The highest BCUT2D eigenvalue weighted by Gasteiger charge is 2.18. The highest BCUT2D eigenvalue weighted by molar-refractivity contribution is 5.86. The molecule has 0 aliphatic carbocycles. The molecule has 0 aliphatic rings. The molecule has 1 aromatic rings. The molecular formula is C10H17N3O3. The first-order valence-corrected chi connectivity index (χ1v) is 5.32. The summed E-state index contributed by atoms with van der Waals surface area (Å²) in [5.74, 6) is -0.581. The minimum Gasteiger partial charge on any atom is -0.476 e. The number of hydrogen-bond donors (Lipinski definition) is 2. The fourth-order valence-electron chi connectivity index (χ4n) is 1.45. The number of aliphatic hydroxyl groups is 1. The summed E-state index contributed by atoms with van der Waals surface area (Å²) in [5.41, 5.74) is 0.587. The largest absolute Gasteiger partial charge is 0.476 e. The maximum atomic E-state index is 10.9. The highest BCUT2D eigenvalue weighted by Crippen LogP contribution is 2.12. The van der Waals surface area contributed by atoms with Crippen LogP contribution in [-0.2, 0) is 13.0 Å². The fourth-order valence-corrected chi connectivity index (χ4v) is 1.45. The van der Waals surface area contributed by atoms with Crippen molar-refractivity contribution in [3.63, 3.8) is 0 Å². The number of rotatable bonds is 6. The second-order valence-electron chi connectivity index (χ2n) is 4.07. The van der Waals surface area contributed by atoms with Gasteiger partial charge in [-0.25, -0.2) is 9.48 Å². The average Bonchev–Trinajstić information content (AvgIpc) is 2.58. The van der Waals surface area contributed by atoms with Gasteiger partial charge in [0, 0.05) is 0 Å². The molecule has 0 aliphatic heterocycles. The van der Waals surface area contributed by atoms with Crippen molar-refractivity contribution < 1.29 is 15.0 Å². The van der Waals surface area contributed by atoms with E-state index >= 15 is 0 Å². The second kappa shape index (κ2) is 5.60. The number of carboxylic acids is 1. The van der Waals surface area contributed by atoms with Gasteiger partial charge in [-0.1, -0.05) is 19.1 Å². The van der Waals surface area contributed by atoms with E-state index in [4.69, 9.17) is 10.2 Å². The summed E-state index contributed by atoms with van der Waals surface area (Å²) in [6.07, 6.45) is 1.49. The number of aliphatic hydroxyl groups excluding tert-OH is 1. The van der Waals surface area contributed by atoms with Crippen molar-refractivity contribution in [2.75, 3.05) is 6.61 Å². The second-order valence-corrected chi connectivity index (χ2v) is 4.07. The van der Waals surface area contributed by atoms with Crippen molar-refractivity contribution >= 4 is 5.97 Å². The van der Waals surface area contributed by atoms with E-state index in [1.807, 2.05) is 0 Å². The van der Waals surface area contributed by atoms with Crippen LogP contribution in [0.3, 0.4) is 0 Å². The Morgan fingerprint density at radius 2 is 2.19 bits per heavy atom. The lowest BCUT2D eigenvalue weighted by Gasteiger charge is -2.07.